The highest BCUT2D eigenvalue weighted by Crippen LogP contribution is 2.31. The summed E-state index contributed by atoms with van der Waals surface area (Å²) < 4.78 is 18.9. The zero-order valence-electron chi connectivity index (χ0n) is 20.2. The van der Waals surface area contributed by atoms with E-state index < -0.39 is 6.10 Å². The Kier molecular flexibility index (Phi) is 6.33. The quantitative estimate of drug-likeness (QED) is 0.410. The van der Waals surface area contributed by atoms with E-state index in [-0.39, 0.29) is 23.7 Å². The smallest absolute Gasteiger partial charge is 0.256 e. The molecular weight excluding hydrogens is 459 g/mol. The van der Waals surface area contributed by atoms with Crippen molar-refractivity contribution in [1.82, 2.24) is 20.1 Å². The molecule has 3 aliphatic heterocycles. The molecule has 0 radical (unpaired) electrons. The van der Waals surface area contributed by atoms with Crippen molar-refractivity contribution in [2.24, 2.45) is 5.92 Å². The number of H-pyrrole nitrogens is 1. The topological polar surface area (TPSA) is 81.0 Å². The van der Waals surface area contributed by atoms with Gasteiger partial charge in [0, 0.05) is 61.9 Å². The molecule has 0 saturated carbocycles. The van der Waals surface area contributed by atoms with Crippen molar-refractivity contribution < 1.29 is 18.7 Å². The van der Waals surface area contributed by atoms with Gasteiger partial charge in [-0.05, 0) is 61.1 Å². The molecule has 3 aromatic rings. The van der Waals surface area contributed by atoms with Crippen LogP contribution in [0.1, 0.15) is 39.1 Å². The van der Waals surface area contributed by atoms with Crippen LogP contribution in [0.5, 0.6) is 0 Å². The first kappa shape index (κ1) is 23.3. The van der Waals surface area contributed by atoms with Gasteiger partial charge in [-0.3, -0.25) is 14.5 Å². The van der Waals surface area contributed by atoms with Crippen molar-refractivity contribution in [2.75, 3.05) is 39.3 Å². The monoisotopic (exact) mass is 490 g/mol. The van der Waals surface area contributed by atoms with E-state index in [9.17, 15) is 14.0 Å². The van der Waals surface area contributed by atoms with Gasteiger partial charge in [-0.2, -0.15) is 0 Å². The van der Waals surface area contributed by atoms with Crippen LogP contribution in [-0.4, -0.2) is 78.1 Å². The Morgan fingerprint density at radius 1 is 1.00 bits per heavy atom. The number of piperidine rings is 1. The molecule has 3 aliphatic rings. The summed E-state index contributed by atoms with van der Waals surface area (Å²) in [6.07, 6.45) is 3.92. The van der Waals surface area contributed by atoms with Crippen molar-refractivity contribution in [3.05, 3.63) is 71.2 Å². The highest BCUT2D eigenvalue weighted by molar-refractivity contribution is 6.10. The number of hydrogen-bond donors (Lipinski definition) is 2. The number of rotatable bonds is 6. The predicted molar refractivity (Wildman–Crippen MR) is 134 cm³/mol. The standard InChI is InChI=1S/C28H31FN4O3/c29-21-4-1-18(2-5-21)15-19-7-11-32(12-8-19)27(35)23-17-31-24-6-3-20(16-22(23)24)25(34)26-28(36-26)33-13-9-30-10-14-33/h1-6,16-17,19,26,28,30-31H,7-15H2. The third kappa shape index (κ3) is 4.68. The van der Waals surface area contributed by atoms with Crippen LogP contribution in [-0.2, 0) is 11.2 Å². The number of aromatic amines is 1. The number of likely N-dealkylation sites (tertiary alicyclic amines) is 1. The molecule has 188 valence electrons. The number of amides is 1. The van der Waals surface area contributed by atoms with Crippen LogP contribution < -0.4 is 5.32 Å². The van der Waals surface area contributed by atoms with E-state index in [0.29, 0.717) is 30.1 Å². The first-order valence-electron chi connectivity index (χ1n) is 12.9. The van der Waals surface area contributed by atoms with Gasteiger partial charge in [-0.15, -0.1) is 0 Å². The molecule has 1 aromatic heterocycles. The largest absolute Gasteiger partial charge is 0.360 e. The minimum absolute atomic E-state index is 0.00699. The van der Waals surface area contributed by atoms with Crippen LogP contribution in [0.2, 0.25) is 0 Å². The van der Waals surface area contributed by atoms with Gasteiger partial charge in [0.25, 0.3) is 5.91 Å². The minimum atomic E-state index is -0.432. The van der Waals surface area contributed by atoms with Gasteiger partial charge >= 0.3 is 0 Å². The molecule has 3 saturated heterocycles. The molecular formula is C28H31FN4O3. The number of carbonyl (C=O) groups excluding carboxylic acids is 2. The number of ketones is 1. The first-order chi connectivity index (χ1) is 17.6. The number of ether oxygens (including phenoxy) is 1. The van der Waals surface area contributed by atoms with Crippen LogP contribution in [0.25, 0.3) is 10.9 Å². The third-order valence-corrected chi connectivity index (χ3v) is 7.77. The van der Waals surface area contributed by atoms with E-state index in [1.807, 2.05) is 35.2 Å². The predicted octanol–water partition coefficient (Wildman–Crippen LogP) is 3.21. The van der Waals surface area contributed by atoms with Crippen molar-refractivity contribution in [1.29, 1.82) is 0 Å². The fraction of sp³-hybridized carbons (Fsp3) is 0.429. The molecule has 7 nitrogen and oxygen atoms in total. The van der Waals surface area contributed by atoms with E-state index in [1.54, 1.807) is 6.20 Å². The molecule has 2 atom stereocenters. The number of carbonyl (C=O) groups is 2. The molecule has 0 spiro atoms. The van der Waals surface area contributed by atoms with Crippen molar-refractivity contribution in [3.63, 3.8) is 0 Å². The SMILES string of the molecule is O=C(c1ccc2[nH]cc(C(=O)N3CCC(Cc4ccc(F)cc4)CC3)c2c1)C1OC1N1CCNCC1. The number of piperazine rings is 1. The second-order valence-corrected chi connectivity index (χ2v) is 10.1. The lowest BCUT2D eigenvalue weighted by molar-refractivity contribution is 0.0692. The Morgan fingerprint density at radius 2 is 1.75 bits per heavy atom. The summed E-state index contributed by atoms with van der Waals surface area (Å²) in [4.78, 5) is 33.8. The highest BCUT2D eigenvalue weighted by atomic mass is 19.1. The van der Waals surface area contributed by atoms with Crippen LogP contribution in [0, 0.1) is 11.7 Å². The maximum atomic E-state index is 13.4. The zero-order chi connectivity index (χ0) is 24.6. The van der Waals surface area contributed by atoms with Crippen molar-refractivity contribution in [2.45, 2.75) is 31.6 Å². The molecule has 0 aliphatic carbocycles. The molecule has 36 heavy (non-hydrogen) atoms. The number of Topliss-reactive ketones (excluding diaryl/α,β-unsaturated/α-hetero) is 1. The Balaban J connectivity index is 1.11. The average Bonchev–Trinajstić information content (AvgIpc) is 3.61. The van der Waals surface area contributed by atoms with Crippen molar-refractivity contribution >= 4 is 22.6 Å². The third-order valence-electron chi connectivity index (χ3n) is 7.77. The molecule has 3 fully saturated rings. The van der Waals surface area contributed by atoms with E-state index >= 15 is 0 Å². The molecule has 2 aromatic carbocycles. The molecule has 4 heterocycles. The molecule has 8 heteroatoms. The first-order valence-corrected chi connectivity index (χ1v) is 12.9. The summed E-state index contributed by atoms with van der Waals surface area (Å²) in [6, 6.07) is 12.2. The van der Waals surface area contributed by atoms with Crippen LogP contribution in [0.15, 0.2) is 48.7 Å². The van der Waals surface area contributed by atoms with Gasteiger partial charge in [0.2, 0.25) is 0 Å². The van der Waals surface area contributed by atoms with E-state index in [0.717, 1.165) is 61.9 Å². The lowest BCUT2D eigenvalue weighted by Crippen LogP contribution is -2.45. The Hall–Kier alpha value is -3.07. The van der Waals surface area contributed by atoms with Crippen LogP contribution >= 0.6 is 0 Å². The Labute approximate surface area is 209 Å². The summed E-state index contributed by atoms with van der Waals surface area (Å²) >= 11 is 0. The van der Waals surface area contributed by atoms with Gasteiger partial charge in [0.15, 0.2) is 11.9 Å². The second kappa shape index (κ2) is 9.76. The second-order valence-electron chi connectivity index (χ2n) is 10.1. The lowest BCUT2D eigenvalue weighted by atomic mass is 9.90. The Morgan fingerprint density at radius 3 is 2.50 bits per heavy atom. The van der Waals surface area contributed by atoms with Gasteiger partial charge < -0.3 is 19.9 Å². The van der Waals surface area contributed by atoms with Crippen LogP contribution in [0.3, 0.4) is 0 Å². The van der Waals surface area contributed by atoms with E-state index in [1.165, 1.54) is 12.1 Å². The number of halogens is 1. The van der Waals surface area contributed by atoms with E-state index in [2.05, 4.69) is 15.2 Å². The maximum absolute atomic E-state index is 13.4. The normalized spacial score (nSPS) is 23.2. The van der Waals surface area contributed by atoms with Crippen molar-refractivity contribution in [3.8, 4) is 0 Å². The lowest BCUT2D eigenvalue weighted by Gasteiger charge is -2.32. The number of nitrogens with one attached hydrogen (secondary N) is 2. The van der Waals surface area contributed by atoms with Gasteiger partial charge in [-0.25, -0.2) is 4.39 Å². The number of hydrogen-bond acceptors (Lipinski definition) is 5. The van der Waals surface area contributed by atoms with Gasteiger partial charge in [-0.1, -0.05) is 12.1 Å². The van der Waals surface area contributed by atoms with Crippen LogP contribution in [0.4, 0.5) is 4.39 Å². The summed E-state index contributed by atoms with van der Waals surface area (Å²) in [5.74, 6) is 0.231. The Bertz CT molecular complexity index is 1260. The maximum Gasteiger partial charge on any atom is 0.256 e. The highest BCUT2D eigenvalue weighted by Gasteiger charge is 2.49. The fourth-order valence-corrected chi connectivity index (χ4v) is 5.59. The summed E-state index contributed by atoms with van der Waals surface area (Å²) in [5.41, 5.74) is 3.16. The number of fused-ring (bicyclic) bond motifs is 1. The van der Waals surface area contributed by atoms with Gasteiger partial charge in [0.1, 0.15) is 12.0 Å². The molecule has 6 rings (SSSR count). The molecule has 2 N–H and O–H groups in total. The number of nitrogens with zero attached hydrogens (tertiary/aromatic N) is 2. The summed E-state index contributed by atoms with van der Waals surface area (Å²) in [5, 5.41) is 4.09. The summed E-state index contributed by atoms with van der Waals surface area (Å²) in [6.45, 7) is 4.96. The fourth-order valence-electron chi connectivity index (χ4n) is 5.59. The zero-order valence-corrected chi connectivity index (χ0v) is 20.2. The molecule has 1 amide bonds. The molecule has 0 bridgehead atoms. The number of epoxide rings is 1. The van der Waals surface area contributed by atoms with Gasteiger partial charge in [0.05, 0.1) is 5.56 Å². The summed E-state index contributed by atoms with van der Waals surface area (Å²) in [7, 11) is 0. The number of benzene rings is 2. The van der Waals surface area contributed by atoms with E-state index in [4.69, 9.17) is 4.74 Å². The molecule has 2 unspecified atom stereocenters. The average molecular weight is 491 g/mol. The minimum Gasteiger partial charge on any atom is -0.360 e. The number of aromatic nitrogens is 1.